The summed E-state index contributed by atoms with van der Waals surface area (Å²) in [5.41, 5.74) is 5.97. The van der Waals surface area contributed by atoms with E-state index in [2.05, 4.69) is 41.2 Å². The van der Waals surface area contributed by atoms with Crippen LogP contribution in [0.2, 0.25) is 0 Å². The number of nitrogens with zero attached hydrogens (tertiary/aromatic N) is 2. The number of hydrogen-bond donors (Lipinski definition) is 1. The lowest BCUT2D eigenvalue weighted by Gasteiger charge is -2.40. The topological polar surface area (TPSA) is 32.5 Å². The van der Waals surface area contributed by atoms with Crippen molar-refractivity contribution in [1.82, 2.24) is 9.80 Å². The molecular formula is C14H25N3S. The van der Waals surface area contributed by atoms with Gasteiger partial charge in [-0.2, -0.15) is 0 Å². The second-order valence-corrected chi connectivity index (χ2v) is 6.08. The van der Waals surface area contributed by atoms with Crippen LogP contribution in [0.25, 0.3) is 0 Å². The summed E-state index contributed by atoms with van der Waals surface area (Å²) in [6, 6.07) is 5.47. The molecule has 1 saturated heterocycles. The van der Waals surface area contributed by atoms with Crippen molar-refractivity contribution >= 4 is 11.3 Å². The van der Waals surface area contributed by atoms with Crippen molar-refractivity contribution in [2.75, 3.05) is 32.7 Å². The Bertz CT molecular complexity index is 331. The Morgan fingerprint density at radius 1 is 1.28 bits per heavy atom. The van der Waals surface area contributed by atoms with Crippen molar-refractivity contribution in [3.05, 3.63) is 22.4 Å². The van der Waals surface area contributed by atoms with E-state index in [0.717, 1.165) is 19.6 Å². The maximum Gasteiger partial charge on any atom is 0.0565 e. The molecule has 18 heavy (non-hydrogen) atoms. The molecule has 2 N–H and O–H groups in total. The highest BCUT2D eigenvalue weighted by molar-refractivity contribution is 7.10. The highest BCUT2D eigenvalue weighted by atomic mass is 32.1. The second-order valence-electron chi connectivity index (χ2n) is 5.10. The molecule has 2 unspecified atom stereocenters. The van der Waals surface area contributed by atoms with E-state index >= 15 is 0 Å². The summed E-state index contributed by atoms with van der Waals surface area (Å²) >= 11 is 1.83. The first kappa shape index (κ1) is 14.0. The Morgan fingerprint density at radius 3 is 2.44 bits per heavy atom. The van der Waals surface area contributed by atoms with Gasteiger partial charge in [0.25, 0.3) is 0 Å². The van der Waals surface area contributed by atoms with Crippen molar-refractivity contribution in [1.29, 1.82) is 0 Å². The third-order valence-corrected chi connectivity index (χ3v) is 5.07. The van der Waals surface area contributed by atoms with Gasteiger partial charge in [0.05, 0.1) is 6.04 Å². The van der Waals surface area contributed by atoms with Gasteiger partial charge < -0.3 is 5.73 Å². The summed E-state index contributed by atoms with van der Waals surface area (Å²) in [5.74, 6) is 0. The zero-order valence-electron chi connectivity index (χ0n) is 11.5. The Kier molecular flexibility index (Phi) is 5.18. The van der Waals surface area contributed by atoms with Gasteiger partial charge in [0.15, 0.2) is 0 Å². The molecule has 0 spiro atoms. The van der Waals surface area contributed by atoms with Gasteiger partial charge in [-0.1, -0.05) is 13.0 Å². The lowest BCUT2D eigenvalue weighted by Crippen LogP contribution is -2.51. The van der Waals surface area contributed by atoms with E-state index in [1.54, 1.807) is 0 Å². The third-order valence-electron chi connectivity index (χ3n) is 4.10. The predicted molar refractivity (Wildman–Crippen MR) is 79.0 cm³/mol. The van der Waals surface area contributed by atoms with Crippen molar-refractivity contribution in [2.24, 2.45) is 5.73 Å². The highest BCUT2D eigenvalue weighted by Crippen LogP contribution is 2.25. The van der Waals surface area contributed by atoms with Gasteiger partial charge >= 0.3 is 0 Å². The van der Waals surface area contributed by atoms with Crippen molar-refractivity contribution < 1.29 is 0 Å². The predicted octanol–water partition coefficient (Wildman–Crippen LogP) is 2.16. The molecule has 0 aromatic carbocycles. The summed E-state index contributed by atoms with van der Waals surface area (Å²) in [6.45, 7) is 9.96. The molecule has 0 aliphatic carbocycles. The summed E-state index contributed by atoms with van der Waals surface area (Å²) in [7, 11) is 0. The second kappa shape index (κ2) is 6.66. The fourth-order valence-corrected chi connectivity index (χ4v) is 3.55. The van der Waals surface area contributed by atoms with Crippen molar-refractivity contribution in [3.8, 4) is 0 Å². The van der Waals surface area contributed by atoms with Gasteiger partial charge in [-0.25, -0.2) is 0 Å². The maximum atomic E-state index is 5.97. The monoisotopic (exact) mass is 267 g/mol. The van der Waals surface area contributed by atoms with E-state index in [-0.39, 0.29) is 0 Å². The largest absolute Gasteiger partial charge is 0.329 e. The first-order chi connectivity index (χ1) is 8.76. The normalized spacial score (nSPS) is 21.9. The molecule has 0 amide bonds. The Balaban J connectivity index is 1.92. The van der Waals surface area contributed by atoms with Crippen LogP contribution in [0.5, 0.6) is 0 Å². The average molecular weight is 267 g/mol. The highest BCUT2D eigenvalue weighted by Gasteiger charge is 2.26. The minimum absolute atomic E-state index is 0.420. The summed E-state index contributed by atoms with van der Waals surface area (Å²) in [6.07, 6.45) is 1.24. The van der Waals surface area contributed by atoms with Gasteiger partial charge in [-0.05, 0) is 24.8 Å². The Hall–Kier alpha value is -0.420. The van der Waals surface area contributed by atoms with Crippen LogP contribution in [-0.4, -0.2) is 48.6 Å². The van der Waals surface area contributed by atoms with E-state index < -0.39 is 0 Å². The first-order valence-corrected chi connectivity index (χ1v) is 7.85. The molecule has 1 aliphatic heterocycles. The molecule has 1 aromatic heterocycles. The minimum Gasteiger partial charge on any atom is -0.329 e. The SMILES string of the molecule is CCC(C)N1CCN(C(CN)c2cccs2)CC1. The number of nitrogens with two attached hydrogens (primary N) is 1. The number of thiophene rings is 1. The average Bonchev–Trinajstić information content (AvgIpc) is 2.93. The molecule has 1 aliphatic rings. The molecule has 0 radical (unpaired) electrons. The third kappa shape index (κ3) is 3.12. The summed E-state index contributed by atoms with van der Waals surface area (Å²) in [4.78, 5) is 6.55. The zero-order valence-corrected chi connectivity index (χ0v) is 12.3. The number of rotatable bonds is 5. The lowest BCUT2D eigenvalue weighted by molar-refractivity contribution is 0.0753. The standard InChI is InChI=1S/C14H25N3S/c1-3-12(2)16-6-8-17(9-7-16)13(11-15)14-5-4-10-18-14/h4-5,10,12-13H,3,6-9,11,15H2,1-2H3. The van der Waals surface area contributed by atoms with Crippen LogP contribution in [0.4, 0.5) is 0 Å². The smallest absolute Gasteiger partial charge is 0.0565 e. The van der Waals surface area contributed by atoms with E-state index in [9.17, 15) is 0 Å². The van der Waals surface area contributed by atoms with Crippen LogP contribution in [0.15, 0.2) is 17.5 Å². The van der Waals surface area contributed by atoms with Crippen LogP contribution in [0.1, 0.15) is 31.2 Å². The van der Waals surface area contributed by atoms with Crippen LogP contribution in [0, 0.1) is 0 Å². The van der Waals surface area contributed by atoms with Gasteiger partial charge in [-0.15, -0.1) is 11.3 Å². The van der Waals surface area contributed by atoms with Crippen LogP contribution < -0.4 is 5.73 Å². The molecule has 4 heteroatoms. The molecule has 102 valence electrons. The summed E-state index contributed by atoms with van der Waals surface area (Å²) < 4.78 is 0. The quantitative estimate of drug-likeness (QED) is 0.887. The fourth-order valence-electron chi connectivity index (χ4n) is 2.67. The first-order valence-electron chi connectivity index (χ1n) is 6.97. The fraction of sp³-hybridized carbons (Fsp3) is 0.714. The van der Waals surface area contributed by atoms with E-state index in [4.69, 9.17) is 5.73 Å². The van der Waals surface area contributed by atoms with E-state index in [0.29, 0.717) is 12.1 Å². The Morgan fingerprint density at radius 2 is 1.94 bits per heavy atom. The lowest BCUT2D eigenvalue weighted by atomic mass is 10.1. The summed E-state index contributed by atoms with van der Waals surface area (Å²) in [5, 5.41) is 2.15. The van der Waals surface area contributed by atoms with Gasteiger partial charge in [0, 0.05) is 43.6 Å². The molecule has 2 heterocycles. The molecule has 2 rings (SSSR count). The molecule has 3 nitrogen and oxygen atoms in total. The van der Waals surface area contributed by atoms with Crippen molar-refractivity contribution in [3.63, 3.8) is 0 Å². The van der Waals surface area contributed by atoms with Crippen LogP contribution in [0.3, 0.4) is 0 Å². The molecule has 1 fully saturated rings. The Labute approximate surface area is 115 Å². The molecular weight excluding hydrogens is 242 g/mol. The van der Waals surface area contributed by atoms with Crippen LogP contribution >= 0.6 is 11.3 Å². The molecule has 1 aromatic rings. The molecule has 2 atom stereocenters. The zero-order chi connectivity index (χ0) is 13.0. The van der Waals surface area contributed by atoms with Gasteiger partial charge in [0.1, 0.15) is 0 Å². The number of piperazine rings is 1. The van der Waals surface area contributed by atoms with Crippen molar-refractivity contribution in [2.45, 2.75) is 32.4 Å². The van der Waals surface area contributed by atoms with Gasteiger partial charge in [-0.3, -0.25) is 9.80 Å². The number of hydrogen-bond acceptors (Lipinski definition) is 4. The van der Waals surface area contributed by atoms with Crippen LogP contribution in [-0.2, 0) is 0 Å². The molecule has 0 saturated carbocycles. The van der Waals surface area contributed by atoms with E-state index in [1.807, 2.05) is 11.3 Å². The maximum absolute atomic E-state index is 5.97. The molecule has 0 bridgehead atoms. The van der Waals surface area contributed by atoms with E-state index in [1.165, 1.54) is 24.4 Å². The van der Waals surface area contributed by atoms with Gasteiger partial charge in [0.2, 0.25) is 0 Å². The minimum atomic E-state index is 0.420.